The second kappa shape index (κ2) is 9.33. The van der Waals surface area contributed by atoms with E-state index in [1.165, 1.54) is 6.42 Å². The molecule has 0 bridgehead atoms. The molecule has 4 atom stereocenters. The van der Waals surface area contributed by atoms with Crippen molar-refractivity contribution in [3.63, 3.8) is 0 Å². The fraction of sp³-hybridized carbons (Fsp3) is 0.944. The molecule has 3 aliphatic rings. The quantitative estimate of drug-likeness (QED) is 0.794. The number of nitrogens with zero attached hydrogens (tertiary/aromatic N) is 2. The maximum Gasteiger partial charge on any atom is 0.317 e. The summed E-state index contributed by atoms with van der Waals surface area (Å²) in [6.45, 7) is 8.39. The highest BCUT2D eigenvalue weighted by molar-refractivity contribution is 7.85. The molecule has 2 saturated heterocycles. The molecule has 0 spiro atoms. The second-order valence-electron chi connectivity index (χ2n) is 7.62. The monoisotopic (exact) mass is 371 g/mol. The molecule has 2 heterocycles. The van der Waals surface area contributed by atoms with Crippen molar-refractivity contribution in [1.29, 1.82) is 0 Å². The molecule has 144 valence electrons. The SMILES string of the molecule is CC[S@@](=O)[C@@H]1CCC[C@H](NC(=O)N2CCN(C[C@@H]3CCOC3)CC2)C1. The minimum atomic E-state index is -0.743. The van der Waals surface area contributed by atoms with Crippen molar-refractivity contribution in [3.05, 3.63) is 0 Å². The number of ether oxygens (including phenoxy) is 1. The van der Waals surface area contributed by atoms with Gasteiger partial charge >= 0.3 is 6.03 Å². The van der Waals surface area contributed by atoms with Crippen LogP contribution in [0.2, 0.25) is 0 Å². The van der Waals surface area contributed by atoms with Crippen LogP contribution in [0.5, 0.6) is 0 Å². The maximum absolute atomic E-state index is 12.6. The Kier molecular flexibility index (Phi) is 7.13. The Labute approximate surface area is 154 Å². The Balaban J connectivity index is 1.39. The smallest absolute Gasteiger partial charge is 0.317 e. The fourth-order valence-corrected chi connectivity index (χ4v) is 5.59. The highest BCUT2D eigenvalue weighted by Crippen LogP contribution is 2.23. The Morgan fingerprint density at radius 1 is 1.20 bits per heavy atom. The van der Waals surface area contributed by atoms with Crippen LogP contribution in [0.3, 0.4) is 0 Å². The fourth-order valence-electron chi connectivity index (χ4n) is 4.24. The van der Waals surface area contributed by atoms with E-state index < -0.39 is 10.8 Å². The van der Waals surface area contributed by atoms with Crippen LogP contribution in [0.25, 0.3) is 0 Å². The van der Waals surface area contributed by atoms with Gasteiger partial charge in [0.05, 0.1) is 6.61 Å². The van der Waals surface area contributed by atoms with E-state index in [4.69, 9.17) is 4.74 Å². The van der Waals surface area contributed by atoms with Gasteiger partial charge in [-0.2, -0.15) is 0 Å². The molecule has 0 aromatic rings. The molecule has 0 unspecified atom stereocenters. The summed E-state index contributed by atoms with van der Waals surface area (Å²) in [5.74, 6) is 1.39. The average Bonchev–Trinajstić information content (AvgIpc) is 3.15. The van der Waals surface area contributed by atoms with Crippen LogP contribution >= 0.6 is 0 Å². The van der Waals surface area contributed by atoms with E-state index in [1.54, 1.807) is 0 Å². The van der Waals surface area contributed by atoms with Crippen LogP contribution < -0.4 is 5.32 Å². The third-order valence-electron chi connectivity index (χ3n) is 5.81. The summed E-state index contributed by atoms with van der Waals surface area (Å²) in [5, 5.41) is 3.46. The molecular formula is C18H33N3O3S. The molecule has 6 nitrogen and oxygen atoms in total. The molecule has 2 amide bonds. The molecule has 1 N–H and O–H groups in total. The van der Waals surface area contributed by atoms with E-state index in [-0.39, 0.29) is 17.3 Å². The molecule has 7 heteroatoms. The maximum atomic E-state index is 12.6. The third kappa shape index (κ3) is 5.41. The van der Waals surface area contributed by atoms with Crippen molar-refractivity contribution < 1.29 is 13.7 Å². The van der Waals surface area contributed by atoms with Gasteiger partial charge in [-0.25, -0.2) is 4.79 Å². The van der Waals surface area contributed by atoms with Gasteiger partial charge in [-0.1, -0.05) is 13.3 Å². The number of rotatable bonds is 5. The Bertz CT molecular complexity index is 462. The predicted molar refractivity (Wildman–Crippen MR) is 100 cm³/mol. The van der Waals surface area contributed by atoms with Crippen LogP contribution in [0, 0.1) is 5.92 Å². The van der Waals surface area contributed by atoms with Crippen LogP contribution in [0.1, 0.15) is 39.0 Å². The predicted octanol–water partition coefficient (Wildman–Crippen LogP) is 1.43. The lowest BCUT2D eigenvalue weighted by Crippen LogP contribution is -2.54. The van der Waals surface area contributed by atoms with Gasteiger partial charge in [0.25, 0.3) is 0 Å². The van der Waals surface area contributed by atoms with Crippen LogP contribution in [-0.4, -0.2) is 83.0 Å². The highest BCUT2D eigenvalue weighted by atomic mass is 32.2. The van der Waals surface area contributed by atoms with E-state index in [0.29, 0.717) is 5.92 Å². The second-order valence-corrected chi connectivity index (χ2v) is 9.63. The summed E-state index contributed by atoms with van der Waals surface area (Å²) in [5.41, 5.74) is 0. The van der Waals surface area contributed by atoms with Crippen LogP contribution in [-0.2, 0) is 15.5 Å². The van der Waals surface area contributed by atoms with Crippen molar-refractivity contribution >= 4 is 16.8 Å². The van der Waals surface area contributed by atoms with Crippen molar-refractivity contribution in [2.45, 2.75) is 50.3 Å². The summed E-state index contributed by atoms with van der Waals surface area (Å²) < 4.78 is 17.5. The van der Waals surface area contributed by atoms with Crippen molar-refractivity contribution in [1.82, 2.24) is 15.1 Å². The number of amides is 2. The van der Waals surface area contributed by atoms with Gasteiger partial charge < -0.3 is 15.0 Å². The summed E-state index contributed by atoms with van der Waals surface area (Å²) in [4.78, 5) is 17.0. The molecule has 0 aromatic carbocycles. The molecule has 1 aliphatic carbocycles. The molecule has 25 heavy (non-hydrogen) atoms. The van der Waals surface area contributed by atoms with E-state index in [0.717, 1.165) is 77.4 Å². The van der Waals surface area contributed by atoms with Crippen molar-refractivity contribution in [3.8, 4) is 0 Å². The van der Waals surface area contributed by atoms with Gasteiger partial charge in [-0.05, 0) is 31.6 Å². The largest absolute Gasteiger partial charge is 0.381 e. The number of piperazine rings is 1. The van der Waals surface area contributed by atoms with E-state index in [9.17, 15) is 9.00 Å². The first kappa shape index (κ1) is 19.1. The summed E-state index contributed by atoms with van der Waals surface area (Å²) >= 11 is 0. The van der Waals surface area contributed by atoms with Crippen LogP contribution in [0.15, 0.2) is 0 Å². The Hall–Kier alpha value is -0.660. The third-order valence-corrected chi connectivity index (χ3v) is 7.55. The molecule has 0 aromatic heterocycles. The standard InChI is InChI=1S/C18H33N3O3S/c1-2-25(23)17-5-3-4-16(12-17)19-18(22)21-9-7-20(8-10-21)13-15-6-11-24-14-15/h15-17H,2-14H2,1H3,(H,19,22)/t15-,16-,17+,25+/m0/s1. The zero-order valence-electron chi connectivity index (χ0n) is 15.5. The van der Waals surface area contributed by atoms with E-state index in [1.807, 2.05) is 11.8 Å². The van der Waals surface area contributed by atoms with Crippen LogP contribution in [0.4, 0.5) is 4.79 Å². The number of hydrogen-bond acceptors (Lipinski definition) is 4. The highest BCUT2D eigenvalue weighted by Gasteiger charge is 2.29. The molecule has 0 radical (unpaired) electrons. The van der Waals surface area contributed by atoms with Gasteiger partial charge in [-0.15, -0.1) is 0 Å². The number of nitrogens with one attached hydrogen (secondary N) is 1. The summed E-state index contributed by atoms with van der Waals surface area (Å²) in [6.07, 6.45) is 5.16. The van der Waals surface area contributed by atoms with Gasteiger partial charge in [0.15, 0.2) is 0 Å². The molecule has 3 rings (SSSR count). The first-order chi connectivity index (χ1) is 12.2. The van der Waals surface area contributed by atoms with Gasteiger partial charge in [0.1, 0.15) is 0 Å². The lowest BCUT2D eigenvalue weighted by atomic mass is 9.95. The molecule has 1 saturated carbocycles. The topological polar surface area (TPSA) is 61.9 Å². The molecule has 2 aliphatic heterocycles. The first-order valence-electron chi connectivity index (χ1n) is 9.88. The Morgan fingerprint density at radius 3 is 2.68 bits per heavy atom. The van der Waals surface area contributed by atoms with Gasteiger partial charge in [0.2, 0.25) is 0 Å². The number of hydrogen-bond donors (Lipinski definition) is 1. The van der Waals surface area contributed by atoms with E-state index in [2.05, 4.69) is 10.2 Å². The minimum absolute atomic E-state index is 0.0665. The molecular weight excluding hydrogens is 338 g/mol. The Morgan fingerprint density at radius 2 is 2.00 bits per heavy atom. The zero-order valence-corrected chi connectivity index (χ0v) is 16.3. The summed E-state index contributed by atoms with van der Waals surface area (Å²) in [7, 11) is -0.743. The van der Waals surface area contributed by atoms with Crippen molar-refractivity contribution in [2.24, 2.45) is 5.92 Å². The normalized spacial score (nSPS) is 32.5. The van der Waals surface area contributed by atoms with Crippen molar-refractivity contribution in [2.75, 3.05) is 51.7 Å². The van der Waals surface area contributed by atoms with Gasteiger partial charge in [0, 0.05) is 67.2 Å². The average molecular weight is 372 g/mol. The lowest BCUT2D eigenvalue weighted by molar-refractivity contribution is 0.117. The van der Waals surface area contributed by atoms with E-state index >= 15 is 0 Å². The molecule has 3 fully saturated rings. The minimum Gasteiger partial charge on any atom is -0.381 e. The lowest BCUT2D eigenvalue weighted by Gasteiger charge is -2.37. The number of urea groups is 1. The first-order valence-corrected chi connectivity index (χ1v) is 11.3. The van der Waals surface area contributed by atoms with Gasteiger partial charge in [-0.3, -0.25) is 9.11 Å². The zero-order chi connectivity index (χ0) is 17.6. The number of carbonyl (C=O) groups excluding carboxylic acids is 1. The number of carbonyl (C=O) groups is 1. The summed E-state index contributed by atoms with van der Waals surface area (Å²) in [6, 6.07) is 0.257.